The van der Waals surface area contributed by atoms with Gasteiger partial charge in [-0.25, -0.2) is 14.0 Å². The van der Waals surface area contributed by atoms with E-state index in [0.29, 0.717) is 9.13 Å². The average Bonchev–Trinajstić information content (AvgIpc) is 2.59. The molecule has 0 saturated heterocycles. The summed E-state index contributed by atoms with van der Waals surface area (Å²) in [5.41, 5.74) is 0.414. The fourth-order valence-corrected chi connectivity index (χ4v) is 3.18. The minimum Gasteiger partial charge on any atom is -0.486 e. The average molecular weight is 515 g/mol. The molecular formula is C21H23FINO5. The number of carbonyl (C=O) groups excluding carboxylic acids is 1. The summed E-state index contributed by atoms with van der Waals surface area (Å²) in [6.45, 7) is 5.15. The van der Waals surface area contributed by atoms with Crippen LogP contribution in [0.1, 0.15) is 31.9 Å². The van der Waals surface area contributed by atoms with Gasteiger partial charge in [-0.15, -0.1) is 0 Å². The maximum Gasteiger partial charge on any atom is 0.408 e. The standard InChI is InChI=1S/C21H23FINO5/c1-21(2,3)29-20(27)24-17(19(25)26)10-14-9-15(23)11-16(22)18(14)28-12-13-7-5-4-6-8-13/h4-9,11,17H,10,12H2,1-3H3,(H,24,27)(H,25,26)/t17-/m0/s1. The van der Waals surface area contributed by atoms with Gasteiger partial charge in [-0.3, -0.25) is 0 Å². The van der Waals surface area contributed by atoms with Gasteiger partial charge in [-0.05, 0) is 61.1 Å². The topological polar surface area (TPSA) is 84.9 Å². The summed E-state index contributed by atoms with van der Waals surface area (Å²) in [6, 6.07) is 10.9. The smallest absolute Gasteiger partial charge is 0.408 e. The Kier molecular flexibility index (Phi) is 7.83. The first-order valence-corrected chi connectivity index (χ1v) is 10.00. The highest BCUT2D eigenvalue weighted by Crippen LogP contribution is 2.28. The van der Waals surface area contributed by atoms with Crippen LogP contribution in [0.15, 0.2) is 42.5 Å². The fraction of sp³-hybridized carbons (Fsp3) is 0.333. The number of carboxylic acids is 1. The van der Waals surface area contributed by atoms with Crippen LogP contribution in [0.4, 0.5) is 9.18 Å². The van der Waals surface area contributed by atoms with Crippen molar-refractivity contribution in [2.24, 2.45) is 0 Å². The van der Waals surface area contributed by atoms with E-state index in [1.807, 2.05) is 52.9 Å². The molecule has 2 aromatic carbocycles. The molecule has 0 aliphatic heterocycles. The number of carbonyl (C=O) groups is 2. The molecule has 0 aromatic heterocycles. The third-order valence-electron chi connectivity index (χ3n) is 3.72. The summed E-state index contributed by atoms with van der Waals surface area (Å²) >= 11 is 1.94. The van der Waals surface area contributed by atoms with Gasteiger partial charge in [-0.2, -0.15) is 0 Å². The predicted octanol–water partition coefficient (Wildman–Crippen LogP) is 4.53. The predicted molar refractivity (Wildman–Crippen MR) is 114 cm³/mol. The van der Waals surface area contributed by atoms with Crippen LogP contribution < -0.4 is 10.1 Å². The van der Waals surface area contributed by atoms with E-state index in [4.69, 9.17) is 9.47 Å². The van der Waals surface area contributed by atoms with Crippen molar-refractivity contribution >= 4 is 34.7 Å². The van der Waals surface area contributed by atoms with Crippen molar-refractivity contribution in [3.8, 4) is 5.75 Å². The number of halogens is 2. The second-order valence-corrected chi connectivity index (χ2v) is 8.64. The highest BCUT2D eigenvalue weighted by Gasteiger charge is 2.26. The number of alkyl carbamates (subject to hydrolysis) is 1. The van der Waals surface area contributed by atoms with Gasteiger partial charge in [0.2, 0.25) is 0 Å². The van der Waals surface area contributed by atoms with Gasteiger partial charge >= 0.3 is 12.1 Å². The van der Waals surface area contributed by atoms with Crippen molar-refractivity contribution in [3.63, 3.8) is 0 Å². The van der Waals surface area contributed by atoms with Crippen LogP contribution in [-0.4, -0.2) is 28.8 Å². The second-order valence-electron chi connectivity index (χ2n) is 7.39. The van der Waals surface area contributed by atoms with Crippen molar-refractivity contribution in [1.82, 2.24) is 5.32 Å². The minimum absolute atomic E-state index is 0.0356. The molecule has 0 fully saturated rings. The lowest BCUT2D eigenvalue weighted by Crippen LogP contribution is -2.44. The van der Waals surface area contributed by atoms with E-state index in [9.17, 15) is 19.1 Å². The molecule has 0 bridgehead atoms. The highest BCUT2D eigenvalue weighted by atomic mass is 127. The fourth-order valence-electron chi connectivity index (χ4n) is 2.53. The molecule has 0 radical (unpaired) electrons. The maximum atomic E-state index is 14.6. The van der Waals surface area contributed by atoms with E-state index in [2.05, 4.69) is 5.32 Å². The lowest BCUT2D eigenvalue weighted by Gasteiger charge is -2.22. The zero-order valence-corrected chi connectivity index (χ0v) is 18.5. The number of rotatable bonds is 7. The Morgan fingerprint density at radius 1 is 1.21 bits per heavy atom. The van der Waals surface area contributed by atoms with Gasteiger partial charge in [0.25, 0.3) is 0 Å². The number of benzene rings is 2. The largest absolute Gasteiger partial charge is 0.486 e. The van der Waals surface area contributed by atoms with Crippen molar-refractivity contribution in [2.45, 2.75) is 45.4 Å². The van der Waals surface area contributed by atoms with E-state index >= 15 is 0 Å². The molecule has 0 aliphatic carbocycles. The van der Waals surface area contributed by atoms with Crippen LogP contribution in [0.25, 0.3) is 0 Å². The van der Waals surface area contributed by atoms with Crippen LogP contribution in [0.3, 0.4) is 0 Å². The number of aliphatic carboxylic acids is 1. The summed E-state index contributed by atoms with van der Waals surface area (Å²) in [5, 5.41) is 11.8. The van der Waals surface area contributed by atoms with Gasteiger partial charge < -0.3 is 19.9 Å². The Morgan fingerprint density at radius 2 is 1.86 bits per heavy atom. The third kappa shape index (κ3) is 7.52. The second kappa shape index (κ2) is 9.91. The number of carboxylic acid groups (broad SMARTS) is 1. The Hall–Kier alpha value is -2.36. The van der Waals surface area contributed by atoms with Crippen LogP contribution in [0, 0.1) is 9.39 Å². The van der Waals surface area contributed by atoms with Crippen molar-refractivity contribution < 1.29 is 28.6 Å². The zero-order valence-electron chi connectivity index (χ0n) is 16.4. The SMILES string of the molecule is CC(C)(C)OC(=O)N[C@@H](Cc1cc(I)cc(F)c1OCc1ccccc1)C(=O)O. The first-order chi connectivity index (χ1) is 13.5. The van der Waals surface area contributed by atoms with E-state index < -0.39 is 29.5 Å². The number of hydrogen-bond acceptors (Lipinski definition) is 4. The molecule has 8 heteroatoms. The lowest BCUT2D eigenvalue weighted by molar-refractivity contribution is -0.139. The monoisotopic (exact) mass is 515 g/mol. The number of ether oxygens (including phenoxy) is 2. The molecule has 0 unspecified atom stereocenters. The summed E-state index contributed by atoms with van der Waals surface area (Å²) in [6.07, 6.45) is -1.02. The molecular weight excluding hydrogens is 492 g/mol. The molecule has 29 heavy (non-hydrogen) atoms. The molecule has 0 saturated carbocycles. The number of hydrogen-bond donors (Lipinski definition) is 2. The van der Waals surface area contributed by atoms with E-state index in [1.165, 1.54) is 6.07 Å². The Balaban J connectivity index is 2.21. The summed E-state index contributed by atoms with van der Waals surface area (Å²) in [5.74, 6) is -1.89. The molecule has 6 nitrogen and oxygen atoms in total. The van der Waals surface area contributed by atoms with E-state index in [0.717, 1.165) is 5.56 Å². The lowest BCUT2D eigenvalue weighted by atomic mass is 10.0. The summed E-state index contributed by atoms with van der Waals surface area (Å²) < 4.78 is 25.9. The van der Waals surface area contributed by atoms with Crippen molar-refractivity contribution in [1.29, 1.82) is 0 Å². The summed E-state index contributed by atoms with van der Waals surface area (Å²) in [4.78, 5) is 23.6. The molecule has 0 aliphatic rings. The summed E-state index contributed by atoms with van der Waals surface area (Å²) in [7, 11) is 0. The minimum atomic E-state index is -1.30. The van der Waals surface area contributed by atoms with Crippen LogP contribution in [-0.2, 0) is 22.6 Å². The zero-order chi connectivity index (χ0) is 21.6. The Morgan fingerprint density at radius 3 is 2.45 bits per heavy atom. The van der Waals surface area contributed by atoms with Gasteiger partial charge in [0.1, 0.15) is 18.2 Å². The molecule has 0 spiro atoms. The quantitative estimate of drug-likeness (QED) is 0.530. The van der Waals surface area contributed by atoms with Crippen LogP contribution >= 0.6 is 22.6 Å². The Bertz CT molecular complexity index is 867. The molecule has 1 amide bonds. The number of amides is 1. The van der Waals surface area contributed by atoms with Gasteiger partial charge in [0.05, 0.1) is 0 Å². The van der Waals surface area contributed by atoms with Gasteiger partial charge in [0, 0.05) is 15.6 Å². The van der Waals surface area contributed by atoms with Crippen LogP contribution in [0.2, 0.25) is 0 Å². The van der Waals surface area contributed by atoms with E-state index in [-0.39, 0.29) is 18.8 Å². The van der Waals surface area contributed by atoms with Crippen molar-refractivity contribution in [3.05, 3.63) is 63.0 Å². The normalized spacial score (nSPS) is 12.2. The van der Waals surface area contributed by atoms with Crippen molar-refractivity contribution in [2.75, 3.05) is 0 Å². The maximum absolute atomic E-state index is 14.6. The number of nitrogens with one attached hydrogen (secondary N) is 1. The molecule has 2 N–H and O–H groups in total. The first-order valence-electron chi connectivity index (χ1n) is 8.92. The molecule has 156 valence electrons. The van der Waals surface area contributed by atoms with Gasteiger partial charge in [0.15, 0.2) is 11.6 Å². The van der Waals surface area contributed by atoms with E-state index in [1.54, 1.807) is 26.8 Å². The molecule has 0 heterocycles. The first kappa shape index (κ1) is 22.9. The van der Waals surface area contributed by atoms with Gasteiger partial charge in [-0.1, -0.05) is 30.3 Å². The molecule has 1 atom stereocenters. The molecule has 2 rings (SSSR count). The highest BCUT2D eigenvalue weighted by molar-refractivity contribution is 14.1. The third-order valence-corrected chi connectivity index (χ3v) is 4.35. The molecule has 2 aromatic rings. The Labute approximate surface area is 182 Å². The van der Waals surface area contributed by atoms with Crippen LogP contribution in [0.5, 0.6) is 5.75 Å².